The van der Waals surface area contributed by atoms with Crippen molar-refractivity contribution in [2.75, 3.05) is 54.0 Å². The molecular weight excluding hydrogens is 367 g/mol. The van der Waals surface area contributed by atoms with E-state index in [9.17, 15) is 0 Å². The monoisotopic (exact) mass is 400 g/mol. The van der Waals surface area contributed by atoms with Gasteiger partial charge in [0.1, 0.15) is 0 Å². The summed E-state index contributed by atoms with van der Waals surface area (Å²) in [6, 6.07) is 0. The fourth-order valence-corrected chi connectivity index (χ4v) is 1.98. The van der Waals surface area contributed by atoms with Gasteiger partial charge in [-0.25, -0.2) is 0 Å². The van der Waals surface area contributed by atoms with Crippen LogP contribution >= 0.6 is 24.0 Å². The van der Waals surface area contributed by atoms with Gasteiger partial charge >= 0.3 is 0 Å². The van der Waals surface area contributed by atoms with E-state index in [1.807, 2.05) is 6.92 Å². The fraction of sp³-hybridized carbons (Fsp3) is 0.929. The van der Waals surface area contributed by atoms with E-state index < -0.39 is 0 Å². The molecular formula is C14H33IN4O. The Balaban J connectivity index is 0. The molecule has 0 atom stereocenters. The zero-order chi connectivity index (χ0) is 14.7. The molecule has 0 aromatic carbocycles. The molecule has 0 aliphatic heterocycles. The number of ether oxygens (including phenoxy) is 1. The molecule has 0 unspecified atom stereocenters. The van der Waals surface area contributed by atoms with Crippen molar-refractivity contribution < 1.29 is 4.74 Å². The van der Waals surface area contributed by atoms with Gasteiger partial charge in [0.2, 0.25) is 0 Å². The normalized spacial score (nSPS) is 12.2. The number of halogens is 1. The maximum Gasteiger partial charge on any atom is 0.190 e. The average Bonchev–Trinajstić information content (AvgIpc) is 2.31. The Kier molecular flexibility index (Phi) is 14.0. The minimum Gasteiger partial charge on any atom is -0.382 e. The summed E-state index contributed by atoms with van der Waals surface area (Å²) in [7, 11) is 6.00. The van der Waals surface area contributed by atoms with Crippen LogP contribution < -0.4 is 10.6 Å². The highest BCUT2D eigenvalue weighted by atomic mass is 127. The Bertz CT molecular complexity index is 258. The lowest BCUT2D eigenvalue weighted by Crippen LogP contribution is -2.45. The molecule has 0 amide bonds. The van der Waals surface area contributed by atoms with E-state index in [1.54, 1.807) is 7.05 Å². The number of rotatable bonds is 9. The molecule has 0 spiro atoms. The second kappa shape index (κ2) is 12.6. The zero-order valence-electron chi connectivity index (χ0n) is 14.0. The number of nitrogens with zero attached hydrogens (tertiary/aromatic N) is 2. The molecule has 20 heavy (non-hydrogen) atoms. The van der Waals surface area contributed by atoms with Gasteiger partial charge in [0.05, 0.1) is 0 Å². The molecule has 0 rings (SSSR count). The lowest BCUT2D eigenvalue weighted by atomic mass is 9.93. The van der Waals surface area contributed by atoms with E-state index in [4.69, 9.17) is 4.74 Å². The molecule has 5 nitrogen and oxygen atoms in total. The van der Waals surface area contributed by atoms with Crippen molar-refractivity contribution >= 4 is 29.9 Å². The van der Waals surface area contributed by atoms with E-state index in [2.05, 4.69) is 48.5 Å². The molecule has 0 radical (unpaired) electrons. The Hall–Kier alpha value is -0.0800. The zero-order valence-corrected chi connectivity index (χ0v) is 16.3. The van der Waals surface area contributed by atoms with Gasteiger partial charge in [-0.3, -0.25) is 4.99 Å². The van der Waals surface area contributed by atoms with E-state index in [0.29, 0.717) is 0 Å². The maximum absolute atomic E-state index is 5.30. The Labute approximate surface area is 141 Å². The maximum atomic E-state index is 5.30. The van der Waals surface area contributed by atoms with Crippen LogP contribution in [0.3, 0.4) is 0 Å². The van der Waals surface area contributed by atoms with Crippen molar-refractivity contribution in [2.45, 2.75) is 27.2 Å². The molecule has 0 saturated heterocycles. The molecule has 2 N–H and O–H groups in total. The van der Waals surface area contributed by atoms with Gasteiger partial charge < -0.3 is 20.3 Å². The summed E-state index contributed by atoms with van der Waals surface area (Å²) in [5, 5.41) is 6.68. The van der Waals surface area contributed by atoms with Crippen LogP contribution in [0.15, 0.2) is 4.99 Å². The van der Waals surface area contributed by atoms with Crippen molar-refractivity contribution in [1.82, 2.24) is 15.5 Å². The summed E-state index contributed by atoms with van der Waals surface area (Å²) in [6.45, 7) is 10.9. The largest absolute Gasteiger partial charge is 0.382 e. The highest BCUT2D eigenvalue weighted by Crippen LogP contribution is 2.13. The van der Waals surface area contributed by atoms with Crippen LogP contribution in [0.25, 0.3) is 0 Å². The number of nitrogens with one attached hydrogen (secondary N) is 2. The van der Waals surface area contributed by atoms with Gasteiger partial charge in [-0.15, -0.1) is 24.0 Å². The molecule has 0 heterocycles. The van der Waals surface area contributed by atoms with Crippen LogP contribution in [-0.4, -0.2) is 64.9 Å². The van der Waals surface area contributed by atoms with Gasteiger partial charge in [0, 0.05) is 39.9 Å². The first-order valence-electron chi connectivity index (χ1n) is 7.08. The first-order chi connectivity index (χ1) is 8.91. The number of aliphatic imine (C=N–C) groups is 1. The van der Waals surface area contributed by atoms with Crippen molar-refractivity contribution in [3.63, 3.8) is 0 Å². The van der Waals surface area contributed by atoms with Crippen LogP contribution in [0.4, 0.5) is 0 Å². The summed E-state index contributed by atoms with van der Waals surface area (Å²) in [5.74, 6) is 0.864. The summed E-state index contributed by atoms with van der Waals surface area (Å²) in [6.07, 6.45) is 0.996. The van der Waals surface area contributed by atoms with E-state index in [-0.39, 0.29) is 29.4 Å². The predicted molar refractivity (Wildman–Crippen MR) is 98.2 cm³/mol. The standard InChI is InChI=1S/C14H32N4O.HI/c1-7-19-10-8-9-16-13(15-4)17-11-14(2,3)12-18(5)6;/h7-12H2,1-6H3,(H2,15,16,17);1H. The molecule has 0 fully saturated rings. The second-order valence-corrected chi connectivity index (χ2v) is 5.81. The molecule has 0 bridgehead atoms. The third-order valence-electron chi connectivity index (χ3n) is 2.66. The first-order valence-corrected chi connectivity index (χ1v) is 7.08. The first kappa shape index (κ1) is 22.2. The van der Waals surface area contributed by atoms with Gasteiger partial charge in [0.15, 0.2) is 5.96 Å². The van der Waals surface area contributed by atoms with Crippen molar-refractivity contribution in [2.24, 2.45) is 10.4 Å². The Morgan fingerprint density at radius 2 is 1.90 bits per heavy atom. The fourth-order valence-electron chi connectivity index (χ4n) is 1.98. The Morgan fingerprint density at radius 1 is 1.25 bits per heavy atom. The molecule has 122 valence electrons. The third-order valence-corrected chi connectivity index (χ3v) is 2.66. The lowest BCUT2D eigenvalue weighted by molar-refractivity contribution is 0.145. The number of hydrogen-bond donors (Lipinski definition) is 2. The van der Waals surface area contributed by atoms with E-state index in [0.717, 1.165) is 45.2 Å². The topological polar surface area (TPSA) is 48.9 Å². The molecule has 0 aliphatic carbocycles. The second-order valence-electron chi connectivity index (χ2n) is 5.81. The van der Waals surface area contributed by atoms with Crippen LogP contribution in [0, 0.1) is 5.41 Å². The predicted octanol–water partition coefficient (Wildman–Crippen LogP) is 1.78. The molecule has 6 heteroatoms. The van der Waals surface area contributed by atoms with Crippen LogP contribution in [-0.2, 0) is 4.74 Å². The third kappa shape index (κ3) is 12.9. The van der Waals surface area contributed by atoms with Gasteiger partial charge in [0.25, 0.3) is 0 Å². The number of hydrogen-bond acceptors (Lipinski definition) is 3. The quantitative estimate of drug-likeness (QED) is 0.268. The van der Waals surface area contributed by atoms with Crippen LogP contribution in [0.5, 0.6) is 0 Å². The summed E-state index contributed by atoms with van der Waals surface area (Å²) >= 11 is 0. The van der Waals surface area contributed by atoms with Crippen LogP contribution in [0.1, 0.15) is 27.2 Å². The van der Waals surface area contributed by atoms with Gasteiger partial charge in [-0.1, -0.05) is 13.8 Å². The minimum atomic E-state index is 0. The average molecular weight is 400 g/mol. The van der Waals surface area contributed by atoms with Gasteiger partial charge in [-0.05, 0) is 32.9 Å². The highest BCUT2D eigenvalue weighted by Gasteiger charge is 2.18. The lowest BCUT2D eigenvalue weighted by Gasteiger charge is -2.29. The van der Waals surface area contributed by atoms with E-state index >= 15 is 0 Å². The summed E-state index contributed by atoms with van der Waals surface area (Å²) in [4.78, 5) is 6.44. The molecule has 0 aromatic heterocycles. The van der Waals surface area contributed by atoms with Crippen molar-refractivity contribution in [1.29, 1.82) is 0 Å². The molecule has 0 aliphatic rings. The molecule has 0 saturated carbocycles. The van der Waals surface area contributed by atoms with Crippen molar-refractivity contribution in [3.8, 4) is 0 Å². The van der Waals surface area contributed by atoms with Crippen molar-refractivity contribution in [3.05, 3.63) is 0 Å². The Morgan fingerprint density at radius 3 is 2.40 bits per heavy atom. The summed E-state index contributed by atoms with van der Waals surface area (Å²) in [5.41, 5.74) is 0.215. The smallest absolute Gasteiger partial charge is 0.190 e. The summed E-state index contributed by atoms with van der Waals surface area (Å²) < 4.78 is 5.30. The highest BCUT2D eigenvalue weighted by molar-refractivity contribution is 14.0. The van der Waals surface area contributed by atoms with E-state index in [1.165, 1.54) is 0 Å². The van der Waals surface area contributed by atoms with Crippen LogP contribution in [0.2, 0.25) is 0 Å². The molecule has 0 aromatic rings. The SMILES string of the molecule is CCOCCCNC(=NC)NCC(C)(C)CN(C)C.I. The van der Waals surface area contributed by atoms with Gasteiger partial charge in [-0.2, -0.15) is 0 Å². The number of guanidine groups is 1. The minimum absolute atomic E-state index is 0.